The van der Waals surface area contributed by atoms with Gasteiger partial charge in [0, 0.05) is 18.2 Å². The van der Waals surface area contributed by atoms with E-state index in [9.17, 15) is 27.9 Å². The Morgan fingerprint density at radius 3 is 2.21 bits per heavy atom. The van der Waals surface area contributed by atoms with Gasteiger partial charge in [-0.15, -0.1) is 0 Å². The zero-order chi connectivity index (χ0) is 17.9. The van der Waals surface area contributed by atoms with E-state index in [0.717, 1.165) is 24.2 Å². The van der Waals surface area contributed by atoms with Crippen LogP contribution in [0.15, 0.2) is 11.3 Å². The number of ketones is 1. The fourth-order valence-electron chi connectivity index (χ4n) is 4.30. The van der Waals surface area contributed by atoms with Crippen molar-refractivity contribution in [1.29, 1.82) is 0 Å². The molecule has 24 heavy (non-hydrogen) atoms. The van der Waals surface area contributed by atoms with E-state index in [1.807, 2.05) is 0 Å². The maximum atomic E-state index is 13.6. The van der Waals surface area contributed by atoms with Gasteiger partial charge in [-0.3, -0.25) is 9.59 Å². The van der Waals surface area contributed by atoms with Crippen LogP contribution < -0.4 is 0 Å². The van der Waals surface area contributed by atoms with Crippen LogP contribution in [0, 0.1) is 5.41 Å². The summed E-state index contributed by atoms with van der Waals surface area (Å²) in [6, 6.07) is -0.366. The molecule has 0 saturated heterocycles. The van der Waals surface area contributed by atoms with E-state index >= 15 is 0 Å². The Morgan fingerprint density at radius 2 is 1.67 bits per heavy atom. The van der Waals surface area contributed by atoms with Crippen molar-refractivity contribution in [2.75, 3.05) is 0 Å². The quantitative estimate of drug-likeness (QED) is 0.794. The molecule has 0 aromatic rings. The van der Waals surface area contributed by atoms with Crippen molar-refractivity contribution in [1.82, 2.24) is 4.90 Å². The van der Waals surface area contributed by atoms with Crippen LogP contribution in [0.4, 0.5) is 13.2 Å². The van der Waals surface area contributed by atoms with Gasteiger partial charge in [0.25, 0.3) is 11.5 Å². The van der Waals surface area contributed by atoms with Crippen LogP contribution in [0.3, 0.4) is 0 Å². The van der Waals surface area contributed by atoms with E-state index in [-0.39, 0.29) is 24.6 Å². The number of amides is 1. The Bertz CT molecular complexity index is 617. The van der Waals surface area contributed by atoms with Crippen molar-refractivity contribution in [2.45, 2.75) is 76.6 Å². The molecule has 134 valence electrons. The van der Waals surface area contributed by atoms with Crippen LogP contribution in [0.2, 0.25) is 0 Å². The van der Waals surface area contributed by atoms with Gasteiger partial charge in [0.1, 0.15) is 0 Å². The number of hydrogen-bond acceptors (Lipinski definition) is 3. The van der Waals surface area contributed by atoms with Crippen LogP contribution in [0.1, 0.15) is 58.8 Å². The zero-order valence-electron chi connectivity index (χ0n) is 13.9. The maximum Gasteiger partial charge on any atom is 0.430 e. The van der Waals surface area contributed by atoms with Crippen LogP contribution in [-0.2, 0) is 9.59 Å². The Morgan fingerprint density at radius 1 is 1.08 bits per heavy atom. The Kier molecular flexibility index (Phi) is 3.86. The third-order valence-corrected chi connectivity index (χ3v) is 5.38. The molecule has 0 aromatic carbocycles. The third kappa shape index (κ3) is 2.39. The fraction of sp³-hybridized carbons (Fsp3) is 0.765. The minimum absolute atomic E-state index is 0.0907. The first-order valence-electron chi connectivity index (χ1n) is 8.38. The smallest absolute Gasteiger partial charge is 0.368 e. The van der Waals surface area contributed by atoms with Crippen LogP contribution in [0.25, 0.3) is 0 Å². The predicted molar refractivity (Wildman–Crippen MR) is 79.8 cm³/mol. The molecule has 0 unspecified atom stereocenters. The molecule has 3 aliphatic rings. The van der Waals surface area contributed by atoms with E-state index < -0.39 is 34.5 Å². The summed E-state index contributed by atoms with van der Waals surface area (Å²) in [5, 5.41) is 10.3. The summed E-state index contributed by atoms with van der Waals surface area (Å²) in [6.07, 6.45) is -1.26. The highest BCUT2D eigenvalue weighted by Gasteiger charge is 2.70. The second-order valence-corrected chi connectivity index (χ2v) is 7.94. The largest absolute Gasteiger partial charge is 0.430 e. The van der Waals surface area contributed by atoms with Gasteiger partial charge >= 0.3 is 6.18 Å². The van der Waals surface area contributed by atoms with Gasteiger partial charge in [0.2, 0.25) is 0 Å². The minimum atomic E-state index is -5.20. The number of allylic oxidation sites excluding steroid dienone is 1. The van der Waals surface area contributed by atoms with Gasteiger partial charge in [0.05, 0.1) is 5.57 Å². The van der Waals surface area contributed by atoms with Crippen LogP contribution >= 0.6 is 0 Å². The molecule has 0 radical (unpaired) electrons. The average Bonchev–Trinajstić information content (AvgIpc) is 2.67. The van der Waals surface area contributed by atoms with Crippen molar-refractivity contribution in [2.24, 2.45) is 5.41 Å². The molecule has 7 heteroatoms. The summed E-state index contributed by atoms with van der Waals surface area (Å²) in [4.78, 5) is 26.2. The van der Waals surface area contributed by atoms with Crippen molar-refractivity contribution >= 4 is 11.7 Å². The van der Waals surface area contributed by atoms with E-state index in [4.69, 9.17) is 0 Å². The van der Waals surface area contributed by atoms with E-state index in [1.54, 1.807) is 13.8 Å². The first-order chi connectivity index (χ1) is 11.0. The standard InChI is InChI=1S/C17H22F3NO3/c1-15(2)8-11-13(12(22)9-15)16(24,17(18,19)20)14(23)21(11)10-6-4-3-5-7-10/h10,24H,3-9H2,1-2H3/t16-/m0/s1. The highest BCUT2D eigenvalue weighted by molar-refractivity contribution is 6.11. The monoisotopic (exact) mass is 345 g/mol. The number of hydrogen-bond donors (Lipinski definition) is 1. The molecule has 1 fully saturated rings. The molecular weight excluding hydrogens is 323 g/mol. The Hall–Kier alpha value is -1.37. The number of alkyl halides is 3. The summed E-state index contributed by atoms with van der Waals surface area (Å²) in [5.74, 6) is -2.16. The highest BCUT2D eigenvalue weighted by Crippen LogP contribution is 2.52. The molecule has 1 atom stereocenters. The molecule has 0 aromatic heterocycles. The molecular formula is C17H22F3NO3. The number of carbonyl (C=O) groups is 2. The predicted octanol–water partition coefficient (Wildman–Crippen LogP) is 3.10. The lowest BCUT2D eigenvalue weighted by Gasteiger charge is -2.37. The number of Topliss-reactive ketones (excluding diaryl/α,β-unsaturated/α-hetero) is 1. The van der Waals surface area contributed by atoms with Crippen LogP contribution in [-0.4, -0.2) is 39.5 Å². The number of nitrogens with zero attached hydrogens (tertiary/aromatic N) is 1. The zero-order valence-corrected chi connectivity index (χ0v) is 13.9. The topological polar surface area (TPSA) is 57.6 Å². The maximum absolute atomic E-state index is 13.6. The number of aliphatic hydroxyl groups is 1. The molecule has 1 heterocycles. The minimum Gasteiger partial charge on any atom is -0.368 e. The lowest BCUT2D eigenvalue weighted by molar-refractivity contribution is -0.239. The van der Waals surface area contributed by atoms with Gasteiger partial charge < -0.3 is 10.0 Å². The molecule has 1 aliphatic heterocycles. The molecule has 2 aliphatic carbocycles. The lowest BCUT2D eigenvalue weighted by atomic mass is 9.73. The number of rotatable bonds is 1. The molecule has 3 rings (SSSR count). The normalized spacial score (nSPS) is 31.7. The summed E-state index contributed by atoms with van der Waals surface area (Å²) in [7, 11) is 0. The average molecular weight is 345 g/mol. The second-order valence-electron chi connectivity index (χ2n) is 7.94. The highest BCUT2D eigenvalue weighted by atomic mass is 19.4. The summed E-state index contributed by atoms with van der Waals surface area (Å²) in [6.45, 7) is 3.59. The SMILES string of the molecule is CC1(C)CC(=O)C2=C(C1)N(C1CCCCC1)C(=O)[C@]2(O)C(F)(F)F. The Labute approximate surface area is 138 Å². The van der Waals surface area contributed by atoms with Gasteiger partial charge in [-0.05, 0) is 24.7 Å². The molecule has 4 nitrogen and oxygen atoms in total. The second kappa shape index (κ2) is 5.31. The van der Waals surface area contributed by atoms with Gasteiger partial charge in [-0.1, -0.05) is 33.1 Å². The van der Waals surface area contributed by atoms with Gasteiger partial charge in [-0.25, -0.2) is 0 Å². The third-order valence-electron chi connectivity index (χ3n) is 5.38. The van der Waals surface area contributed by atoms with Crippen LogP contribution in [0.5, 0.6) is 0 Å². The molecule has 1 N–H and O–H groups in total. The molecule has 1 amide bonds. The van der Waals surface area contributed by atoms with Crippen molar-refractivity contribution in [3.05, 3.63) is 11.3 Å². The summed E-state index contributed by atoms with van der Waals surface area (Å²) in [5.41, 5.74) is -4.86. The van der Waals surface area contributed by atoms with E-state index in [1.165, 1.54) is 0 Å². The van der Waals surface area contributed by atoms with E-state index in [0.29, 0.717) is 12.8 Å². The molecule has 0 spiro atoms. The first-order valence-corrected chi connectivity index (χ1v) is 8.38. The van der Waals surface area contributed by atoms with Crippen molar-refractivity contribution in [3.63, 3.8) is 0 Å². The number of halogens is 3. The van der Waals surface area contributed by atoms with Crippen molar-refractivity contribution < 1.29 is 27.9 Å². The summed E-state index contributed by atoms with van der Waals surface area (Å²) >= 11 is 0. The molecule has 1 saturated carbocycles. The Balaban J connectivity index is 2.14. The van der Waals surface area contributed by atoms with Gasteiger partial charge in [0.15, 0.2) is 5.78 Å². The first kappa shape index (κ1) is 17.5. The lowest BCUT2D eigenvalue weighted by Crippen LogP contribution is -2.56. The van der Waals surface area contributed by atoms with E-state index in [2.05, 4.69) is 0 Å². The number of carbonyl (C=O) groups excluding carboxylic acids is 2. The van der Waals surface area contributed by atoms with Gasteiger partial charge in [-0.2, -0.15) is 13.2 Å². The summed E-state index contributed by atoms with van der Waals surface area (Å²) < 4.78 is 40.8. The molecule has 0 bridgehead atoms. The fourth-order valence-corrected chi connectivity index (χ4v) is 4.30. The van der Waals surface area contributed by atoms with Crippen molar-refractivity contribution in [3.8, 4) is 0 Å².